The Morgan fingerprint density at radius 1 is 1.15 bits per heavy atom. The topological polar surface area (TPSA) is 60.7 Å². The molecule has 2 heterocycles. The van der Waals surface area contributed by atoms with Gasteiger partial charge in [0.1, 0.15) is 12.3 Å². The second-order valence-corrected chi connectivity index (χ2v) is 6.05. The van der Waals surface area contributed by atoms with Gasteiger partial charge in [0.05, 0.1) is 17.7 Å². The Labute approximate surface area is 152 Å². The number of pyridine rings is 1. The van der Waals surface area contributed by atoms with E-state index in [1.54, 1.807) is 12.3 Å². The third-order valence-corrected chi connectivity index (χ3v) is 3.87. The Hall–Kier alpha value is -3.16. The van der Waals surface area contributed by atoms with Crippen LogP contribution in [0, 0.1) is 6.92 Å². The molecule has 0 spiro atoms. The smallest absolute Gasteiger partial charge is 0.416 e. The molecule has 0 bridgehead atoms. The SMILES string of the molecule is Cc1ccc2nc(COC(=O)Cc3ccc(C(F)(F)F)cc3)cc(=O)n2c1. The summed E-state index contributed by atoms with van der Waals surface area (Å²) in [4.78, 5) is 28.3. The Balaban J connectivity index is 1.65. The Kier molecular flexibility index (Phi) is 4.98. The van der Waals surface area contributed by atoms with Crippen LogP contribution in [0.3, 0.4) is 0 Å². The molecule has 0 saturated carbocycles. The van der Waals surface area contributed by atoms with Crippen LogP contribution in [0.5, 0.6) is 0 Å². The van der Waals surface area contributed by atoms with Gasteiger partial charge in [0.15, 0.2) is 0 Å². The molecule has 0 fully saturated rings. The minimum atomic E-state index is -4.42. The summed E-state index contributed by atoms with van der Waals surface area (Å²) in [6.45, 7) is 1.65. The minimum absolute atomic E-state index is 0.177. The predicted molar refractivity (Wildman–Crippen MR) is 91.1 cm³/mol. The molecule has 0 aliphatic carbocycles. The lowest BCUT2D eigenvalue weighted by molar-refractivity contribution is -0.144. The quantitative estimate of drug-likeness (QED) is 0.656. The van der Waals surface area contributed by atoms with Crippen LogP contribution in [-0.4, -0.2) is 15.4 Å². The van der Waals surface area contributed by atoms with Gasteiger partial charge >= 0.3 is 12.1 Å². The first kappa shape index (κ1) is 18.6. The zero-order valence-corrected chi connectivity index (χ0v) is 14.3. The van der Waals surface area contributed by atoms with Crippen molar-refractivity contribution in [3.05, 3.63) is 81.4 Å². The minimum Gasteiger partial charge on any atom is -0.459 e. The third kappa shape index (κ3) is 4.52. The first-order valence-electron chi connectivity index (χ1n) is 8.03. The summed E-state index contributed by atoms with van der Waals surface area (Å²) in [7, 11) is 0. The molecule has 3 rings (SSSR count). The van der Waals surface area contributed by atoms with Gasteiger partial charge < -0.3 is 4.74 Å². The standard InChI is InChI=1S/C19H15F3N2O3/c1-12-2-7-16-23-15(9-17(25)24(16)10-12)11-27-18(26)8-13-3-5-14(6-4-13)19(20,21)22/h2-7,9-10H,8,11H2,1H3. The predicted octanol–water partition coefficient (Wildman–Crippen LogP) is 3.31. The number of carbonyl (C=O) groups is 1. The highest BCUT2D eigenvalue weighted by Gasteiger charge is 2.30. The van der Waals surface area contributed by atoms with E-state index < -0.39 is 17.7 Å². The Morgan fingerprint density at radius 3 is 2.52 bits per heavy atom. The molecule has 8 heteroatoms. The molecule has 0 aliphatic heterocycles. The van der Waals surface area contributed by atoms with E-state index in [4.69, 9.17) is 4.74 Å². The molecule has 27 heavy (non-hydrogen) atoms. The van der Waals surface area contributed by atoms with Crippen molar-refractivity contribution < 1.29 is 22.7 Å². The Morgan fingerprint density at radius 2 is 1.85 bits per heavy atom. The van der Waals surface area contributed by atoms with Crippen LogP contribution in [-0.2, 0) is 28.7 Å². The number of aromatic nitrogens is 2. The van der Waals surface area contributed by atoms with Crippen molar-refractivity contribution in [3.63, 3.8) is 0 Å². The van der Waals surface area contributed by atoms with E-state index in [1.807, 2.05) is 13.0 Å². The van der Waals surface area contributed by atoms with E-state index >= 15 is 0 Å². The fraction of sp³-hybridized carbons (Fsp3) is 0.211. The van der Waals surface area contributed by atoms with Crippen LogP contribution in [0.2, 0.25) is 0 Å². The molecular weight excluding hydrogens is 361 g/mol. The number of fused-ring (bicyclic) bond motifs is 1. The van der Waals surface area contributed by atoms with Gasteiger partial charge in [-0.2, -0.15) is 13.2 Å². The summed E-state index contributed by atoms with van der Waals surface area (Å²) in [5, 5.41) is 0. The molecule has 0 aliphatic rings. The number of esters is 1. The molecule has 0 saturated heterocycles. The first-order valence-corrected chi connectivity index (χ1v) is 8.03. The van der Waals surface area contributed by atoms with Crippen molar-refractivity contribution in [2.75, 3.05) is 0 Å². The van der Waals surface area contributed by atoms with Crippen molar-refractivity contribution in [2.24, 2.45) is 0 Å². The number of carbonyl (C=O) groups excluding carboxylic acids is 1. The van der Waals surface area contributed by atoms with E-state index in [1.165, 1.54) is 22.6 Å². The molecule has 5 nitrogen and oxygen atoms in total. The summed E-state index contributed by atoms with van der Waals surface area (Å²) < 4.78 is 44.1. The van der Waals surface area contributed by atoms with E-state index in [0.717, 1.165) is 17.7 Å². The largest absolute Gasteiger partial charge is 0.459 e. The van der Waals surface area contributed by atoms with Crippen LogP contribution >= 0.6 is 0 Å². The van der Waals surface area contributed by atoms with Gasteiger partial charge in [-0.3, -0.25) is 14.0 Å². The maximum absolute atomic E-state index is 12.5. The van der Waals surface area contributed by atoms with Crippen LogP contribution in [0.1, 0.15) is 22.4 Å². The molecule has 0 N–H and O–H groups in total. The van der Waals surface area contributed by atoms with Crippen molar-refractivity contribution in [1.29, 1.82) is 0 Å². The summed E-state index contributed by atoms with van der Waals surface area (Å²) in [6, 6.07) is 9.05. The molecule has 1 aromatic carbocycles. The van der Waals surface area contributed by atoms with Crippen LogP contribution in [0.25, 0.3) is 5.65 Å². The molecule has 0 unspecified atom stereocenters. The van der Waals surface area contributed by atoms with Gasteiger partial charge in [-0.15, -0.1) is 0 Å². The number of nitrogens with zero attached hydrogens (tertiary/aromatic N) is 2. The lowest BCUT2D eigenvalue weighted by Crippen LogP contribution is -2.17. The number of rotatable bonds is 4. The number of benzene rings is 1. The molecule has 140 valence electrons. The number of alkyl halides is 3. The third-order valence-electron chi connectivity index (χ3n) is 3.87. The van der Waals surface area contributed by atoms with E-state index in [-0.39, 0.29) is 18.6 Å². The number of halogens is 3. The fourth-order valence-corrected chi connectivity index (χ4v) is 2.52. The monoisotopic (exact) mass is 376 g/mol. The average molecular weight is 376 g/mol. The molecule has 0 radical (unpaired) electrons. The van der Waals surface area contributed by atoms with Gasteiger partial charge in [0.25, 0.3) is 5.56 Å². The van der Waals surface area contributed by atoms with Crippen molar-refractivity contribution in [2.45, 2.75) is 26.1 Å². The van der Waals surface area contributed by atoms with Crippen LogP contribution < -0.4 is 5.56 Å². The summed E-state index contributed by atoms with van der Waals surface area (Å²) in [5.41, 5.74) is 0.955. The van der Waals surface area contributed by atoms with Gasteiger partial charge in [-0.05, 0) is 36.2 Å². The molecular formula is C19H15F3N2O3. The normalized spacial score (nSPS) is 11.6. The maximum atomic E-state index is 12.5. The van der Waals surface area contributed by atoms with Crippen LogP contribution in [0.15, 0.2) is 53.5 Å². The molecule has 0 amide bonds. The lowest BCUT2D eigenvalue weighted by Gasteiger charge is -2.08. The summed E-state index contributed by atoms with van der Waals surface area (Å²) in [6.07, 6.45) is -2.94. The van der Waals surface area contributed by atoms with E-state index in [0.29, 0.717) is 16.9 Å². The summed E-state index contributed by atoms with van der Waals surface area (Å²) in [5.74, 6) is -0.624. The number of hydrogen-bond donors (Lipinski definition) is 0. The van der Waals surface area contributed by atoms with Gasteiger partial charge in [-0.25, -0.2) is 4.98 Å². The zero-order valence-electron chi connectivity index (χ0n) is 14.3. The highest BCUT2D eigenvalue weighted by atomic mass is 19.4. The van der Waals surface area contributed by atoms with Crippen molar-refractivity contribution >= 4 is 11.6 Å². The molecule has 2 aromatic heterocycles. The highest BCUT2D eigenvalue weighted by Crippen LogP contribution is 2.29. The highest BCUT2D eigenvalue weighted by molar-refractivity contribution is 5.72. The van der Waals surface area contributed by atoms with E-state index in [2.05, 4.69) is 4.98 Å². The lowest BCUT2D eigenvalue weighted by atomic mass is 10.1. The van der Waals surface area contributed by atoms with Gasteiger partial charge in [0.2, 0.25) is 0 Å². The number of aryl methyl sites for hydroxylation is 1. The van der Waals surface area contributed by atoms with Gasteiger partial charge in [0, 0.05) is 12.3 Å². The van der Waals surface area contributed by atoms with E-state index in [9.17, 15) is 22.8 Å². The second kappa shape index (κ2) is 7.22. The second-order valence-electron chi connectivity index (χ2n) is 6.05. The molecule has 3 aromatic rings. The molecule has 0 atom stereocenters. The zero-order chi connectivity index (χ0) is 19.6. The maximum Gasteiger partial charge on any atom is 0.416 e. The number of hydrogen-bond acceptors (Lipinski definition) is 4. The fourth-order valence-electron chi connectivity index (χ4n) is 2.52. The van der Waals surface area contributed by atoms with Gasteiger partial charge in [-0.1, -0.05) is 18.2 Å². The van der Waals surface area contributed by atoms with Crippen LogP contribution in [0.4, 0.5) is 13.2 Å². The first-order chi connectivity index (χ1) is 12.7. The van der Waals surface area contributed by atoms with Crippen molar-refractivity contribution in [3.8, 4) is 0 Å². The summed E-state index contributed by atoms with van der Waals surface area (Å²) >= 11 is 0. The van der Waals surface area contributed by atoms with Crippen molar-refractivity contribution in [1.82, 2.24) is 9.38 Å². The Bertz CT molecular complexity index is 1040. The average Bonchev–Trinajstić information content (AvgIpc) is 2.60. The number of ether oxygens (including phenoxy) is 1.